The number of hydrogen-bond donors (Lipinski definition) is 0. The Labute approximate surface area is 238 Å². The predicted octanol–water partition coefficient (Wildman–Crippen LogP) is 4.78. The fraction of sp³-hybridized carbons (Fsp3) is 0.645. The summed E-state index contributed by atoms with van der Waals surface area (Å²) in [6.45, 7) is 12.8. The number of hydrogen-bond acceptors (Lipinski definition) is 7. The van der Waals surface area contributed by atoms with Crippen molar-refractivity contribution >= 4 is 12.0 Å². The quantitative estimate of drug-likeness (QED) is 0.492. The molecular weight excluding hydrogens is 504 g/mol. The van der Waals surface area contributed by atoms with Gasteiger partial charge in [0.1, 0.15) is 11.4 Å². The minimum atomic E-state index is -0.404. The van der Waals surface area contributed by atoms with E-state index in [0.717, 1.165) is 87.9 Å². The zero-order chi connectivity index (χ0) is 28.3. The number of pyridine rings is 1. The second kappa shape index (κ2) is 11.8. The number of aromatic nitrogens is 3. The molecule has 216 valence electrons. The van der Waals surface area contributed by atoms with E-state index in [9.17, 15) is 9.59 Å². The summed E-state index contributed by atoms with van der Waals surface area (Å²) in [5.41, 5.74) is 2.16. The van der Waals surface area contributed by atoms with Crippen LogP contribution in [0.25, 0.3) is 0 Å². The highest BCUT2D eigenvalue weighted by atomic mass is 16.6. The number of carbonyl (C=O) groups excluding carboxylic acids is 2. The number of ether oxygens (including phenoxy) is 1. The van der Waals surface area contributed by atoms with Crippen molar-refractivity contribution in [3.63, 3.8) is 0 Å². The molecule has 0 unspecified atom stereocenters. The van der Waals surface area contributed by atoms with Crippen LogP contribution in [0, 0.1) is 19.8 Å². The van der Waals surface area contributed by atoms with Crippen LogP contribution >= 0.6 is 0 Å². The minimum absolute atomic E-state index is 0.0334. The fourth-order valence-corrected chi connectivity index (χ4v) is 6.96. The highest BCUT2D eigenvalue weighted by molar-refractivity contribution is 5.96. The van der Waals surface area contributed by atoms with Gasteiger partial charge in [0, 0.05) is 75.6 Å². The zero-order valence-corrected chi connectivity index (χ0v) is 24.6. The number of carbonyl (C=O) groups is 2. The molecule has 3 fully saturated rings. The monoisotopic (exact) mass is 548 g/mol. The number of likely N-dealkylation sites (tertiary alicyclic amines) is 2. The van der Waals surface area contributed by atoms with Crippen LogP contribution < -0.4 is 0 Å². The molecule has 2 amide bonds. The molecule has 0 aliphatic carbocycles. The molecule has 2 aromatic heterocycles. The van der Waals surface area contributed by atoms with Crippen molar-refractivity contribution in [3.05, 3.63) is 53.4 Å². The molecular formula is C31H44N6O3. The largest absolute Gasteiger partial charge is 0.442 e. The molecule has 2 aromatic rings. The Morgan fingerprint density at radius 1 is 1.02 bits per heavy atom. The summed E-state index contributed by atoms with van der Waals surface area (Å²) >= 11 is 0. The summed E-state index contributed by atoms with van der Waals surface area (Å²) in [5.74, 6) is 1.04. The summed E-state index contributed by atoms with van der Waals surface area (Å²) < 4.78 is 6.34. The van der Waals surface area contributed by atoms with Gasteiger partial charge in [0.2, 0.25) is 0 Å². The second-order valence-corrected chi connectivity index (χ2v) is 12.2. The van der Waals surface area contributed by atoms with Gasteiger partial charge in [0.05, 0.1) is 17.8 Å². The average molecular weight is 549 g/mol. The number of nitrogens with zero attached hydrogens (tertiary/aromatic N) is 6. The first-order valence-corrected chi connectivity index (χ1v) is 14.9. The molecule has 0 aromatic carbocycles. The second-order valence-electron chi connectivity index (χ2n) is 12.2. The van der Waals surface area contributed by atoms with Gasteiger partial charge in [0.15, 0.2) is 0 Å². The standard InChI is InChI=1S/C31H44N6O3/c1-5-6-8-25-21-36(22-26-33-14-7-15-34-26)29(39)40-31(25)12-19-37(20-13-31)30(4)10-17-35(18-11-30)28(38)27-23(2)9-16-32-24(27)3/h7,9,14-16,25H,5-6,8,10-13,17-22H2,1-4H3/t25-/m0/s1. The van der Waals surface area contributed by atoms with Crippen LogP contribution in [-0.2, 0) is 11.3 Å². The van der Waals surface area contributed by atoms with Crippen molar-refractivity contribution in [1.29, 1.82) is 0 Å². The molecule has 40 heavy (non-hydrogen) atoms. The molecule has 3 saturated heterocycles. The van der Waals surface area contributed by atoms with Gasteiger partial charge in [-0.2, -0.15) is 0 Å². The molecule has 0 bridgehead atoms. The summed E-state index contributed by atoms with van der Waals surface area (Å²) in [6.07, 6.45) is 11.8. The van der Waals surface area contributed by atoms with E-state index in [1.165, 1.54) is 0 Å². The highest BCUT2D eigenvalue weighted by Gasteiger charge is 2.51. The number of rotatable bonds is 7. The third-order valence-corrected chi connectivity index (χ3v) is 9.66. The smallest absolute Gasteiger partial charge is 0.410 e. The van der Waals surface area contributed by atoms with Gasteiger partial charge in [-0.3, -0.25) is 14.7 Å². The Bertz CT molecular complexity index is 1170. The Balaban J connectivity index is 1.21. The van der Waals surface area contributed by atoms with E-state index < -0.39 is 5.60 Å². The van der Waals surface area contributed by atoms with Gasteiger partial charge >= 0.3 is 6.09 Å². The van der Waals surface area contributed by atoms with Crippen LogP contribution in [-0.4, -0.2) is 85.5 Å². The normalized spacial score (nSPS) is 22.8. The van der Waals surface area contributed by atoms with E-state index in [2.05, 4.69) is 33.7 Å². The number of piperidine rings is 2. The third-order valence-electron chi connectivity index (χ3n) is 9.66. The van der Waals surface area contributed by atoms with Crippen LogP contribution in [0.2, 0.25) is 0 Å². The lowest BCUT2D eigenvalue weighted by atomic mass is 9.74. The van der Waals surface area contributed by atoms with Gasteiger partial charge in [-0.25, -0.2) is 14.8 Å². The highest BCUT2D eigenvalue weighted by Crippen LogP contribution is 2.43. The fourth-order valence-electron chi connectivity index (χ4n) is 6.96. The van der Waals surface area contributed by atoms with Gasteiger partial charge in [-0.15, -0.1) is 0 Å². The van der Waals surface area contributed by atoms with E-state index in [1.54, 1.807) is 29.6 Å². The summed E-state index contributed by atoms with van der Waals surface area (Å²) in [4.78, 5) is 45.9. The number of aryl methyl sites for hydroxylation is 2. The summed E-state index contributed by atoms with van der Waals surface area (Å²) in [7, 11) is 0. The SMILES string of the molecule is CCCC[C@H]1CN(Cc2ncccn2)C(=O)OC12CCN(C1(C)CCN(C(=O)c3c(C)ccnc3C)CC1)CC2. The molecule has 5 rings (SSSR count). The Morgan fingerprint density at radius 3 is 2.38 bits per heavy atom. The molecule has 0 radical (unpaired) electrons. The van der Waals surface area contributed by atoms with Crippen molar-refractivity contribution in [2.24, 2.45) is 5.92 Å². The maximum atomic E-state index is 13.3. The third kappa shape index (κ3) is 5.71. The van der Waals surface area contributed by atoms with E-state index in [4.69, 9.17) is 4.74 Å². The Morgan fingerprint density at radius 2 is 1.73 bits per heavy atom. The minimum Gasteiger partial charge on any atom is -0.442 e. The van der Waals surface area contributed by atoms with Crippen molar-refractivity contribution in [2.75, 3.05) is 32.7 Å². The van der Waals surface area contributed by atoms with E-state index in [-0.39, 0.29) is 17.5 Å². The number of amides is 2. The zero-order valence-electron chi connectivity index (χ0n) is 24.6. The lowest BCUT2D eigenvalue weighted by molar-refractivity contribution is -0.134. The molecule has 3 aliphatic rings. The van der Waals surface area contributed by atoms with Gasteiger partial charge in [-0.05, 0) is 57.7 Å². The van der Waals surface area contributed by atoms with Crippen molar-refractivity contribution in [2.45, 2.75) is 90.3 Å². The number of unbranched alkanes of at least 4 members (excludes halogenated alkanes) is 1. The Kier molecular flexibility index (Phi) is 8.40. The lowest BCUT2D eigenvalue weighted by Gasteiger charge is -2.55. The van der Waals surface area contributed by atoms with Gasteiger partial charge < -0.3 is 14.5 Å². The van der Waals surface area contributed by atoms with Crippen molar-refractivity contribution in [1.82, 2.24) is 29.7 Å². The van der Waals surface area contributed by atoms with E-state index in [0.29, 0.717) is 24.8 Å². The molecule has 0 saturated carbocycles. The molecule has 9 nitrogen and oxygen atoms in total. The molecule has 9 heteroatoms. The molecule has 5 heterocycles. The first kappa shape index (κ1) is 28.5. The topological polar surface area (TPSA) is 91.8 Å². The lowest BCUT2D eigenvalue weighted by Crippen LogP contribution is -2.63. The first-order valence-electron chi connectivity index (χ1n) is 14.9. The van der Waals surface area contributed by atoms with Crippen LogP contribution in [0.15, 0.2) is 30.7 Å². The van der Waals surface area contributed by atoms with Gasteiger partial charge in [-0.1, -0.05) is 19.8 Å². The van der Waals surface area contributed by atoms with Crippen molar-refractivity contribution < 1.29 is 14.3 Å². The molecule has 0 N–H and O–H groups in total. The van der Waals surface area contributed by atoms with E-state index in [1.807, 2.05) is 24.8 Å². The van der Waals surface area contributed by atoms with Crippen LogP contribution in [0.5, 0.6) is 0 Å². The van der Waals surface area contributed by atoms with E-state index >= 15 is 0 Å². The summed E-state index contributed by atoms with van der Waals surface area (Å²) in [6, 6.07) is 3.70. The summed E-state index contributed by atoms with van der Waals surface area (Å²) in [5, 5.41) is 0. The van der Waals surface area contributed by atoms with Crippen LogP contribution in [0.3, 0.4) is 0 Å². The van der Waals surface area contributed by atoms with Crippen LogP contribution in [0.1, 0.15) is 86.2 Å². The van der Waals surface area contributed by atoms with Crippen LogP contribution in [0.4, 0.5) is 4.79 Å². The maximum Gasteiger partial charge on any atom is 0.410 e. The van der Waals surface area contributed by atoms with Gasteiger partial charge in [0.25, 0.3) is 5.91 Å². The molecule has 3 aliphatic heterocycles. The first-order chi connectivity index (χ1) is 19.2. The molecule has 1 spiro atoms. The van der Waals surface area contributed by atoms with Crippen molar-refractivity contribution in [3.8, 4) is 0 Å². The maximum absolute atomic E-state index is 13.3. The Hall–Kier alpha value is -3.07. The molecule has 1 atom stereocenters. The average Bonchev–Trinajstić information content (AvgIpc) is 2.95. The predicted molar refractivity (Wildman–Crippen MR) is 153 cm³/mol.